The summed E-state index contributed by atoms with van der Waals surface area (Å²) in [4.78, 5) is 28.4. The molecular formula is C19H21N7OS. The third-order valence-electron chi connectivity index (χ3n) is 4.50. The van der Waals surface area contributed by atoms with E-state index in [1.807, 2.05) is 12.1 Å². The molecule has 8 nitrogen and oxygen atoms in total. The summed E-state index contributed by atoms with van der Waals surface area (Å²) in [6.45, 7) is 3.95. The zero-order chi connectivity index (χ0) is 19.3. The molecule has 4 heterocycles. The van der Waals surface area contributed by atoms with Crippen molar-refractivity contribution >= 4 is 28.3 Å². The first-order chi connectivity index (χ1) is 13.7. The molecule has 4 rings (SSSR count). The lowest BCUT2D eigenvalue weighted by atomic mass is 10.1. The second-order valence-electron chi connectivity index (χ2n) is 6.57. The number of amides is 1. The maximum Gasteiger partial charge on any atom is 0.261 e. The smallest absolute Gasteiger partial charge is 0.261 e. The molecule has 0 radical (unpaired) electrons. The van der Waals surface area contributed by atoms with E-state index >= 15 is 0 Å². The Balaban J connectivity index is 1.65. The molecule has 3 aromatic rings. The Labute approximate surface area is 167 Å². The summed E-state index contributed by atoms with van der Waals surface area (Å²) in [7, 11) is 0. The minimum atomic E-state index is -0.300. The molecule has 1 N–H and O–H groups in total. The minimum absolute atomic E-state index is 0.300. The van der Waals surface area contributed by atoms with Crippen LogP contribution in [0.1, 0.15) is 41.6 Å². The Hall–Kier alpha value is -2.94. The maximum absolute atomic E-state index is 12.9. The molecule has 1 saturated heterocycles. The van der Waals surface area contributed by atoms with Crippen LogP contribution in [-0.2, 0) is 6.42 Å². The largest absolute Gasteiger partial charge is 0.341 e. The number of carbonyl (C=O) groups excluding carboxylic acids is 1. The van der Waals surface area contributed by atoms with Gasteiger partial charge in [0.25, 0.3) is 5.91 Å². The molecule has 1 aliphatic rings. The fourth-order valence-electron chi connectivity index (χ4n) is 3.11. The van der Waals surface area contributed by atoms with E-state index in [4.69, 9.17) is 4.98 Å². The fourth-order valence-corrected chi connectivity index (χ4v) is 3.95. The van der Waals surface area contributed by atoms with Crippen LogP contribution < -0.4 is 10.2 Å². The highest BCUT2D eigenvalue weighted by Crippen LogP contribution is 2.26. The first kappa shape index (κ1) is 18.4. The number of pyridine rings is 1. The molecule has 0 atom stereocenters. The van der Waals surface area contributed by atoms with Crippen molar-refractivity contribution in [3.05, 3.63) is 41.3 Å². The van der Waals surface area contributed by atoms with Gasteiger partial charge in [0.2, 0.25) is 11.1 Å². The molecule has 0 spiro atoms. The summed E-state index contributed by atoms with van der Waals surface area (Å²) in [5, 5.41) is 12.4. The molecule has 0 aromatic carbocycles. The molecule has 0 saturated carbocycles. The number of nitrogens with one attached hydrogen (secondary N) is 1. The second-order valence-corrected chi connectivity index (χ2v) is 7.64. The van der Waals surface area contributed by atoms with Crippen molar-refractivity contribution in [2.45, 2.75) is 32.6 Å². The van der Waals surface area contributed by atoms with Crippen LogP contribution in [0.2, 0.25) is 0 Å². The second kappa shape index (κ2) is 8.39. The Bertz CT molecular complexity index is 954. The average molecular weight is 395 g/mol. The molecule has 0 unspecified atom stereocenters. The molecule has 1 fully saturated rings. The third kappa shape index (κ3) is 3.99. The molecule has 9 heteroatoms. The Kier molecular flexibility index (Phi) is 5.52. The van der Waals surface area contributed by atoms with Crippen LogP contribution >= 0.6 is 11.3 Å². The van der Waals surface area contributed by atoms with Crippen molar-refractivity contribution in [2.24, 2.45) is 0 Å². The van der Waals surface area contributed by atoms with Gasteiger partial charge in [-0.15, -0.1) is 10.2 Å². The molecule has 144 valence electrons. The lowest BCUT2D eigenvalue weighted by Crippen LogP contribution is -2.22. The van der Waals surface area contributed by atoms with Crippen LogP contribution in [0, 0.1) is 0 Å². The van der Waals surface area contributed by atoms with Gasteiger partial charge in [-0.05, 0) is 31.4 Å². The van der Waals surface area contributed by atoms with Gasteiger partial charge < -0.3 is 4.90 Å². The average Bonchev–Trinajstić information content (AvgIpc) is 3.41. The van der Waals surface area contributed by atoms with Crippen molar-refractivity contribution in [3.63, 3.8) is 0 Å². The maximum atomic E-state index is 12.9. The van der Waals surface area contributed by atoms with Crippen molar-refractivity contribution in [1.29, 1.82) is 0 Å². The molecular weight excluding hydrogens is 374 g/mol. The van der Waals surface area contributed by atoms with Crippen molar-refractivity contribution in [2.75, 3.05) is 23.3 Å². The Morgan fingerprint density at radius 2 is 2.11 bits per heavy atom. The predicted octanol–water partition coefficient (Wildman–Crippen LogP) is 3.20. The summed E-state index contributed by atoms with van der Waals surface area (Å²) < 4.78 is 0. The molecule has 1 amide bonds. The van der Waals surface area contributed by atoms with Gasteiger partial charge in [-0.25, -0.2) is 9.97 Å². The number of anilines is 2. The SMILES string of the molecule is CCCc1nnc(NC(=O)c2cnc(N3CCCC3)nc2-c2cccnc2)s1. The van der Waals surface area contributed by atoms with Gasteiger partial charge in [-0.1, -0.05) is 18.3 Å². The zero-order valence-corrected chi connectivity index (χ0v) is 16.4. The van der Waals surface area contributed by atoms with Crippen LogP contribution in [0.3, 0.4) is 0 Å². The fraction of sp³-hybridized carbons (Fsp3) is 0.368. The van der Waals surface area contributed by atoms with E-state index < -0.39 is 0 Å². The lowest BCUT2D eigenvalue weighted by molar-refractivity contribution is 0.102. The van der Waals surface area contributed by atoms with Gasteiger partial charge in [0.15, 0.2) is 0 Å². The third-order valence-corrected chi connectivity index (χ3v) is 5.39. The predicted molar refractivity (Wildman–Crippen MR) is 109 cm³/mol. The number of aromatic nitrogens is 5. The van der Waals surface area contributed by atoms with Crippen molar-refractivity contribution in [1.82, 2.24) is 25.1 Å². The van der Waals surface area contributed by atoms with Crippen molar-refractivity contribution < 1.29 is 4.79 Å². The van der Waals surface area contributed by atoms with Gasteiger partial charge in [-0.3, -0.25) is 15.1 Å². The monoisotopic (exact) mass is 395 g/mol. The van der Waals surface area contributed by atoms with E-state index in [2.05, 4.69) is 37.3 Å². The molecule has 28 heavy (non-hydrogen) atoms. The van der Waals surface area contributed by atoms with E-state index in [1.165, 1.54) is 11.3 Å². The first-order valence-corrected chi connectivity index (χ1v) is 10.2. The van der Waals surface area contributed by atoms with E-state index in [0.29, 0.717) is 22.3 Å². The summed E-state index contributed by atoms with van der Waals surface area (Å²) in [6.07, 6.45) is 9.09. The van der Waals surface area contributed by atoms with Crippen LogP contribution in [0.15, 0.2) is 30.7 Å². The highest BCUT2D eigenvalue weighted by Gasteiger charge is 2.21. The first-order valence-electron chi connectivity index (χ1n) is 9.40. The van der Waals surface area contributed by atoms with E-state index in [-0.39, 0.29) is 5.91 Å². The number of rotatable bonds is 6. The van der Waals surface area contributed by atoms with Crippen LogP contribution in [0.4, 0.5) is 11.1 Å². The van der Waals surface area contributed by atoms with Gasteiger partial charge in [0.05, 0.1) is 11.3 Å². The van der Waals surface area contributed by atoms with E-state index in [1.54, 1.807) is 18.6 Å². The van der Waals surface area contributed by atoms with Gasteiger partial charge in [0, 0.05) is 43.7 Å². The summed E-state index contributed by atoms with van der Waals surface area (Å²) >= 11 is 1.39. The number of aryl methyl sites for hydroxylation is 1. The summed E-state index contributed by atoms with van der Waals surface area (Å²) in [6, 6.07) is 3.72. The zero-order valence-electron chi connectivity index (χ0n) is 15.6. The molecule has 0 aliphatic carbocycles. The summed E-state index contributed by atoms with van der Waals surface area (Å²) in [5.41, 5.74) is 1.74. The number of carbonyl (C=O) groups is 1. The van der Waals surface area contributed by atoms with Crippen LogP contribution in [-0.4, -0.2) is 44.1 Å². The minimum Gasteiger partial charge on any atom is -0.341 e. The normalized spacial score (nSPS) is 13.7. The number of nitrogens with zero attached hydrogens (tertiary/aromatic N) is 6. The van der Waals surface area contributed by atoms with Gasteiger partial charge >= 0.3 is 0 Å². The standard InChI is InChI=1S/C19H21N7OS/c1-2-6-15-24-25-19(28-15)23-17(27)14-12-21-18(26-9-3-4-10-26)22-16(14)13-7-5-8-20-11-13/h5,7-8,11-12H,2-4,6,9-10H2,1H3,(H,23,25,27). The number of hydrogen-bond donors (Lipinski definition) is 1. The molecule has 0 bridgehead atoms. The lowest BCUT2D eigenvalue weighted by Gasteiger charge is -2.17. The van der Waals surface area contributed by atoms with Crippen LogP contribution in [0.25, 0.3) is 11.3 Å². The van der Waals surface area contributed by atoms with Gasteiger partial charge in [0.1, 0.15) is 5.01 Å². The Morgan fingerprint density at radius 3 is 2.86 bits per heavy atom. The molecule has 1 aliphatic heterocycles. The highest BCUT2D eigenvalue weighted by molar-refractivity contribution is 7.15. The highest BCUT2D eigenvalue weighted by atomic mass is 32.1. The quantitative estimate of drug-likeness (QED) is 0.684. The topological polar surface area (TPSA) is 96.8 Å². The number of hydrogen-bond acceptors (Lipinski definition) is 8. The Morgan fingerprint density at radius 1 is 1.25 bits per heavy atom. The van der Waals surface area contributed by atoms with E-state index in [9.17, 15) is 4.79 Å². The molecule has 3 aromatic heterocycles. The summed E-state index contributed by atoms with van der Waals surface area (Å²) in [5.74, 6) is 0.347. The van der Waals surface area contributed by atoms with Crippen LogP contribution in [0.5, 0.6) is 0 Å². The van der Waals surface area contributed by atoms with E-state index in [0.717, 1.165) is 49.3 Å². The van der Waals surface area contributed by atoms with Crippen molar-refractivity contribution in [3.8, 4) is 11.3 Å². The van der Waals surface area contributed by atoms with Gasteiger partial charge in [-0.2, -0.15) is 0 Å².